The molecule has 0 spiro atoms. The first-order valence-electron chi connectivity index (χ1n) is 26.4. The van der Waals surface area contributed by atoms with Gasteiger partial charge in [0.2, 0.25) is 5.91 Å². The smallest absolute Gasteiger partial charge is 0.249 e. The number of aliphatic hydroxyl groups excluding tert-OH is 7. The molecule has 1 aliphatic rings. The molecule has 0 aromatic heterocycles. The average Bonchev–Trinajstić information content (AvgIpc) is 3.29. The van der Waals surface area contributed by atoms with E-state index in [-0.39, 0.29) is 12.8 Å². The number of hydrogen-bond donors (Lipinski definition) is 8. The number of hydrogen-bond acceptors (Lipinski definition) is 10. The summed E-state index contributed by atoms with van der Waals surface area (Å²) in [5.74, 6) is -0.716. The second-order valence-electron chi connectivity index (χ2n) is 18.6. The van der Waals surface area contributed by atoms with Crippen LogP contribution in [0.3, 0.4) is 0 Å². The van der Waals surface area contributed by atoms with Crippen molar-refractivity contribution in [1.82, 2.24) is 5.32 Å². The SMILES string of the molecule is CCCCCCCCCCCCCCCCC/C=C/CC/C=C/CC/C=C/CCCC(O)C(O)C(COC1OC(CO)C(O)C(O)C1O)NC(=O)C(O)CCCCCCCCCCC. The summed E-state index contributed by atoms with van der Waals surface area (Å²) in [6.45, 7) is 3.39. The lowest BCUT2D eigenvalue weighted by Gasteiger charge is -2.40. The molecular weight excluding hydrogens is 811 g/mol. The summed E-state index contributed by atoms with van der Waals surface area (Å²) < 4.78 is 11.1. The molecule has 0 bridgehead atoms. The summed E-state index contributed by atoms with van der Waals surface area (Å²) in [4.78, 5) is 13.0. The predicted molar refractivity (Wildman–Crippen MR) is 261 cm³/mol. The van der Waals surface area contributed by atoms with Crippen LogP contribution in [-0.2, 0) is 14.3 Å². The molecule has 0 radical (unpaired) electrons. The molecule has 1 rings (SSSR count). The Morgan fingerprint density at radius 1 is 0.531 bits per heavy atom. The third-order valence-electron chi connectivity index (χ3n) is 12.7. The summed E-state index contributed by atoms with van der Waals surface area (Å²) in [7, 11) is 0. The number of unbranched alkanes of at least 4 members (excludes halogenated alkanes) is 26. The third kappa shape index (κ3) is 31.3. The van der Waals surface area contributed by atoms with Gasteiger partial charge in [0.15, 0.2) is 6.29 Å². The Balaban J connectivity index is 2.31. The van der Waals surface area contributed by atoms with Crippen molar-refractivity contribution in [3.05, 3.63) is 36.5 Å². The first-order chi connectivity index (χ1) is 31.2. The summed E-state index contributed by atoms with van der Waals surface area (Å²) in [5.41, 5.74) is 0. The first-order valence-corrected chi connectivity index (χ1v) is 26.4. The van der Waals surface area contributed by atoms with Gasteiger partial charge < -0.3 is 50.5 Å². The van der Waals surface area contributed by atoms with E-state index in [1.807, 2.05) is 0 Å². The molecule has 1 amide bonds. The van der Waals surface area contributed by atoms with Crippen LogP contribution in [0.2, 0.25) is 0 Å². The minimum Gasteiger partial charge on any atom is -0.394 e. The normalized spacial score (nSPS) is 21.3. The Morgan fingerprint density at radius 3 is 1.39 bits per heavy atom. The molecule has 11 nitrogen and oxygen atoms in total. The molecule has 1 heterocycles. The van der Waals surface area contributed by atoms with E-state index in [0.717, 1.165) is 44.9 Å². The fourth-order valence-electron chi connectivity index (χ4n) is 8.30. The minimum absolute atomic E-state index is 0.242. The van der Waals surface area contributed by atoms with Crippen molar-refractivity contribution < 1.29 is 50.0 Å². The number of nitrogens with one attached hydrogen (secondary N) is 1. The van der Waals surface area contributed by atoms with Crippen molar-refractivity contribution in [1.29, 1.82) is 0 Å². The quantitative estimate of drug-likeness (QED) is 0.0216. The standard InChI is InChI=1S/C53H99NO10/c1-3-5-7-9-11-13-14-15-16-17-18-19-20-21-22-23-24-25-26-27-28-29-30-31-33-34-36-38-40-45(56)48(58)44(43-63-53-51(61)50(60)49(59)47(42-55)64-53)54-52(62)46(57)41-39-37-35-32-12-10-8-6-4-2/h24-25,28-29,33-34,44-51,53,55-61H,3-23,26-27,30-32,35-43H2,1-2H3,(H,54,62)/b25-24+,29-28+,34-33+. The number of ether oxygens (including phenoxy) is 2. The van der Waals surface area contributed by atoms with E-state index in [4.69, 9.17) is 9.47 Å². The number of amides is 1. The first kappa shape index (κ1) is 60.3. The van der Waals surface area contributed by atoms with E-state index < -0.39 is 74.2 Å². The molecule has 8 N–H and O–H groups in total. The van der Waals surface area contributed by atoms with E-state index in [0.29, 0.717) is 19.3 Å². The van der Waals surface area contributed by atoms with Crippen LogP contribution in [0.4, 0.5) is 0 Å². The molecule has 376 valence electrons. The monoisotopic (exact) mass is 910 g/mol. The van der Waals surface area contributed by atoms with Crippen LogP contribution in [0.1, 0.15) is 226 Å². The fourth-order valence-corrected chi connectivity index (χ4v) is 8.30. The maximum absolute atomic E-state index is 13.0. The van der Waals surface area contributed by atoms with Gasteiger partial charge in [-0.3, -0.25) is 4.79 Å². The van der Waals surface area contributed by atoms with E-state index in [1.165, 1.54) is 135 Å². The highest BCUT2D eigenvalue weighted by Gasteiger charge is 2.44. The molecule has 9 atom stereocenters. The van der Waals surface area contributed by atoms with Crippen molar-refractivity contribution >= 4 is 5.91 Å². The Kier molecular flexibility index (Phi) is 40.2. The largest absolute Gasteiger partial charge is 0.394 e. The molecule has 11 heteroatoms. The zero-order valence-electron chi connectivity index (χ0n) is 40.8. The van der Waals surface area contributed by atoms with Crippen LogP contribution in [0.25, 0.3) is 0 Å². The van der Waals surface area contributed by atoms with Crippen molar-refractivity contribution in [2.24, 2.45) is 0 Å². The molecular formula is C53H99NO10. The number of allylic oxidation sites excluding steroid dienone is 6. The van der Waals surface area contributed by atoms with Crippen molar-refractivity contribution in [3.63, 3.8) is 0 Å². The predicted octanol–water partition coefficient (Wildman–Crippen LogP) is 9.95. The Labute approximate surface area is 390 Å². The second kappa shape index (κ2) is 42.7. The lowest BCUT2D eigenvalue weighted by molar-refractivity contribution is -0.303. The maximum atomic E-state index is 13.0. The van der Waals surface area contributed by atoms with Crippen LogP contribution < -0.4 is 5.32 Å². The summed E-state index contributed by atoms with van der Waals surface area (Å²) in [5, 5.41) is 75.6. The summed E-state index contributed by atoms with van der Waals surface area (Å²) in [6, 6.07) is -1.19. The van der Waals surface area contributed by atoms with Crippen molar-refractivity contribution in [2.45, 2.75) is 281 Å². The Bertz CT molecular complexity index is 1130. The van der Waals surface area contributed by atoms with Gasteiger partial charge >= 0.3 is 0 Å². The number of carbonyl (C=O) groups is 1. The van der Waals surface area contributed by atoms with Gasteiger partial charge in [-0.05, 0) is 64.2 Å². The van der Waals surface area contributed by atoms with Gasteiger partial charge in [-0.15, -0.1) is 0 Å². The van der Waals surface area contributed by atoms with Crippen LogP contribution in [0.15, 0.2) is 36.5 Å². The van der Waals surface area contributed by atoms with E-state index in [9.17, 15) is 40.5 Å². The van der Waals surface area contributed by atoms with Gasteiger partial charge in [-0.25, -0.2) is 0 Å². The molecule has 0 aromatic carbocycles. The maximum Gasteiger partial charge on any atom is 0.249 e. The molecule has 0 aliphatic carbocycles. The molecule has 1 aliphatic heterocycles. The number of aliphatic hydroxyl groups is 7. The fraction of sp³-hybridized carbons (Fsp3) is 0.868. The highest BCUT2D eigenvalue weighted by atomic mass is 16.7. The summed E-state index contributed by atoms with van der Waals surface area (Å²) >= 11 is 0. The molecule has 0 saturated carbocycles. The summed E-state index contributed by atoms with van der Waals surface area (Å²) in [6.07, 6.45) is 39.5. The number of carbonyl (C=O) groups excluding carboxylic acids is 1. The van der Waals surface area contributed by atoms with Crippen molar-refractivity contribution in [3.8, 4) is 0 Å². The Morgan fingerprint density at radius 2 is 0.938 bits per heavy atom. The van der Waals surface area contributed by atoms with E-state index in [2.05, 4.69) is 55.6 Å². The zero-order chi connectivity index (χ0) is 46.9. The van der Waals surface area contributed by atoms with Gasteiger partial charge in [-0.1, -0.05) is 198 Å². The molecule has 64 heavy (non-hydrogen) atoms. The highest BCUT2D eigenvalue weighted by Crippen LogP contribution is 2.23. The van der Waals surface area contributed by atoms with Gasteiger partial charge in [0.05, 0.1) is 25.4 Å². The molecule has 1 fully saturated rings. The Hall–Kier alpha value is -1.67. The van der Waals surface area contributed by atoms with Crippen molar-refractivity contribution in [2.75, 3.05) is 13.2 Å². The number of rotatable bonds is 44. The van der Waals surface area contributed by atoms with E-state index >= 15 is 0 Å². The van der Waals surface area contributed by atoms with Crippen LogP contribution in [0, 0.1) is 0 Å². The topological polar surface area (TPSA) is 189 Å². The lowest BCUT2D eigenvalue weighted by atomic mass is 9.98. The van der Waals surface area contributed by atoms with Gasteiger partial charge in [-0.2, -0.15) is 0 Å². The molecule has 9 unspecified atom stereocenters. The van der Waals surface area contributed by atoms with Crippen LogP contribution >= 0.6 is 0 Å². The lowest BCUT2D eigenvalue weighted by Crippen LogP contribution is -2.60. The second-order valence-corrected chi connectivity index (χ2v) is 18.6. The van der Waals surface area contributed by atoms with Gasteiger partial charge in [0, 0.05) is 0 Å². The zero-order valence-corrected chi connectivity index (χ0v) is 40.8. The van der Waals surface area contributed by atoms with E-state index in [1.54, 1.807) is 0 Å². The van der Waals surface area contributed by atoms with Crippen LogP contribution in [0.5, 0.6) is 0 Å². The average molecular weight is 910 g/mol. The van der Waals surface area contributed by atoms with Gasteiger partial charge in [0.25, 0.3) is 0 Å². The third-order valence-corrected chi connectivity index (χ3v) is 12.7. The van der Waals surface area contributed by atoms with Gasteiger partial charge in [0.1, 0.15) is 36.6 Å². The van der Waals surface area contributed by atoms with Crippen LogP contribution in [-0.4, -0.2) is 110 Å². The molecule has 1 saturated heterocycles. The molecule has 0 aromatic rings. The minimum atomic E-state index is -1.67. The highest BCUT2D eigenvalue weighted by molar-refractivity contribution is 5.80.